The van der Waals surface area contributed by atoms with Crippen molar-refractivity contribution in [2.45, 2.75) is 19.4 Å². The van der Waals surface area contributed by atoms with Crippen LogP contribution >= 0.6 is 0 Å². The third kappa shape index (κ3) is 1.42. The van der Waals surface area contributed by atoms with Gasteiger partial charge in [0.2, 0.25) is 0 Å². The largest absolute Gasteiger partial charge is 0.354 e. The van der Waals surface area contributed by atoms with E-state index in [1.54, 1.807) is 6.20 Å². The Balaban J connectivity index is 2.11. The lowest BCUT2D eigenvalue weighted by atomic mass is 10.3. The molecule has 6 heteroatoms. The van der Waals surface area contributed by atoms with Gasteiger partial charge in [0.15, 0.2) is 0 Å². The minimum atomic E-state index is 0.227. The number of aryl methyl sites for hydroxylation is 1. The summed E-state index contributed by atoms with van der Waals surface area (Å²) in [4.78, 5) is 10.8. The monoisotopic (exact) mass is 219 g/mol. The molecule has 6 nitrogen and oxygen atoms in total. The number of nitrogens with zero attached hydrogens (tertiary/aromatic N) is 4. The van der Waals surface area contributed by atoms with Crippen LogP contribution in [0.25, 0.3) is 11.1 Å². The van der Waals surface area contributed by atoms with E-state index in [9.17, 15) is 0 Å². The highest BCUT2D eigenvalue weighted by atomic mass is 16.5. The highest BCUT2D eigenvalue weighted by molar-refractivity contribution is 5.85. The van der Waals surface area contributed by atoms with Gasteiger partial charge in [-0.2, -0.15) is 4.98 Å². The third-order valence-corrected chi connectivity index (χ3v) is 2.85. The van der Waals surface area contributed by atoms with Crippen molar-refractivity contribution in [3.8, 4) is 0 Å². The SMILES string of the molecule is Cc1nc(N2CCC(N)C2)c2cnoc2n1. The molecule has 1 aliphatic heterocycles. The van der Waals surface area contributed by atoms with Crippen molar-refractivity contribution in [1.82, 2.24) is 15.1 Å². The molecule has 0 amide bonds. The van der Waals surface area contributed by atoms with E-state index >= 15 is 0 Å². The highest BCUT2D eigenvalue weighted by Crippen LogP contribution is 2.26. The second-order valence-electron chi connectivity index (χ2n) is 4.13. The van der Waals surface area contributed by atoms with Gasteiger partial charge in [0.25, 0.3) is 5.71 Å². The van der Waals surface area contributed by atoms with E-state index in [-0.39, 0.29) is 6.04 Å². The molecule has 0 aliphatic carbocycles. The topological polar surface area (TPSA) is 81.1 Å². The van der Waals surface area contributed by atoms with Gasteiger partial charge in [-0.1, -0.05) is 5.16 Å². The van der Waals surface area contributed by atoms with Crippen LogP contribution in [-0.2, 0) is 0 Å². The predicted octanol–water partition coefficient (Wildman–Crippen LogP) is 0.464. The van der Waals surface area contributed by atoms with Crippen LogP contribution in [0.5, 0.6) is 0 Å². The summed E-state index contributed by atoms with van der Waals surface area (Å²) >= 11 is 0. The van der Waals surface area contributed by atoms with Crippen LogP contribution in [0.1, 0.15) is 12.2 Å². The van der Waals surface area contributed by atoms with Crippen LogP contribution in [0.3, 0.4) is 0 Å². The molecule has 0 saturated carbocycles. The maximum Gasteiger partial charge on any atom is 0.263 e. The molecule has 1 unspecified atom stereocenters. The fraction of sp³-hybridized carbons (Fsp3) is 0.500. The normalized spacial score (nSPS) is 20.9. The molecule has 2 aromatic heterocycles. The Labute approximate surface area is 92.4 Å². The number of hydrogen-bond donors (Lipinski definition) is 1. The van der Waals surface area contributed by atoms with Crippen molar-refractivity contribution in [3.05, 3.63) is 12.0 Å². The third-order valence-electron chi connectivity index (χ3n) is 2.85. The first kappa shape index (κ1) is 9.53. The van der Waals surface area contributed by atoms with E-state index in [4.69, 9.17) is 10.3 Å². The van der Waals surface area contributed by atoms with E-state index in [0.29, 0.717) is 11.5 Å². The summed E-state index contributed by atoms with van der Waals surface area (Å²) < 4.78 is 5.07. The molecule has 1 saturated heterocycles. The van der Waals surface area contributed by atoms with Gasteiger partial charge in [0.05, 0.1) is 6.20 Å². The first-order chi connectivity index (χ1) is 7.74. The van der Waals surface area contributed by atoms with Gasteiger partial charge in [-0.3, -0.25) is 0 Å². The number of rotatable bonds is 1. The summed E-state index contributed by atoms with van der Waals surface area (Å²) in [5.41, 5.74) is 6.44. The summed E-state index contributed by atoms with van der Waals surface area (Å²) in [5, 5.41) is 4.62. The molecule has 0 spiro atoms. The number of hydrogen-bond acceptors (Lipinski definition) is 6. The van der Waals surface area contributed by atoms with Crippen LogP contribution in [-0.4, -0.2) is 34.3 Å². The molecule has 0 bridgehead atoms. The van der Waals surface area contributed by atoms with E-state index < -0.39 is 0 Å². The van der Waals surface area contributed by atoms with E-state index in [1.807, 2.05) is 6.92 Å². The Morgan fingerprint density at radius 2 is 2.38 bits per heavy atom. The Kier molecular flexibility index (Phi) is 2.03. The standard InChI is InChI=1S/C10H13N5O/c1-6-13-9(15-3-2-7(11)5-15)8-4-12-16-10(8)14-6/h4,7H,2-3,5,11H2,1H3. The van der Waals surface area contributed by atoms with Gasteiger partial charge < -0.3 is 15.2 Å². The van der Waals surface area contributed by atoms with E-state index in [2.05, 4.69) is 20.0 Å². The Hall–Kier alpha value is -1.69. The first-order valence-corrected chi connectivity index (χ1v) is 5.33. The zero-order valence-corrected chi connectivity index (χ0v) is 9.05. The highest BCUT2D eigenvalue weighted by Gasteiger charge is 2.23. The van der Waals surface area contributed by atoms with E-state index in [0.717, 1.165) is 30.7 Å². The number of anilines is 1. The molecule has 84 valence electrons. The lowest BCUT2D eigenvalue weighted by Crippen LogP contribution is -2.27. The van der Waals surface area contributed by atoms with Crippen LogP contribution in [0.4, 0.5) is 5.82 Å². The van der Waals surface area contributed by atoms with Crippen molar-refractivity contribution in [2.24, 2.45) is 5.73 Å². The smallest absolute Gasteiger partial charge is 0.263 e. The van der Waals surface area contributed by atoms with Crippen molar-refractivity contribution < 1.29 is 4.52 Å². The van der Waals surface area contributed by atoms with Gasteiger partial charge >= 0.3 is 0 Å². The van der Waals surface area contributed by atoms with Crippen molar-refractivity contribution in [2.75, 3.05) is 18.0 Å². The van der Waals surface area contributed by atoms with Gasteiger partial charge in [-0.05, 0) is 13.3 Å². The van der Waals surface area contributed by atoms with Gasteiger partial charge in [0, 0.05) is 19.1 Å². The minimum Gasteiger partial charge on any atom is -0.354 e. The maximum absolute atomic E-state index is 5.90. The predicted molar refractivity (Wildman–Crippen MR) is 59.1 cm³/mol. The lowest BCUT2D eigenvalue weighted by molar-refractivity contribution is 0.448. The molecule has 2 N–H and O–H groups in total. The summed E-state index contributed by atoms with van der Waals surface area (Å²) in [6.07, 6.45) is 2.66. The van der Waals surface area contributed by atoms with Gasteiger partial charge in [-0.15, -0.1) is 0 Å². The Morgan fingerprint density at radius 3 is 3.12 bits per heavy atom. The van der Waals surface area contributed by atoms with Crippen LogP contribution < -0.4 is 10.6 Å². The summed E-state index contributed by atoms with van der Waals surface area (Å²) in [6, 6.07) is 0.227. The molecular formula is C10H13N5O. The van der Waals surface area contributed by atoms with Crippen LogP contribution in [0, 0.1) is 6.92 Å². The van der Waals surface area contributed by atoms with E-state index in [1.165, 1.54) is 0 Å². The minimum absolute atomic E-state index is 0.227. The Morgan fingerprint density at radius 1 is 1.50 bits per heavy atom. The zero-order chi connectivity index (χ0) is 11.1. The molecule has 1 fully saturated rings. The summed E-state index contributed by atoms with van der Waals surface area (Å²) in [6.45, 7) is 3.61. The lowest BCUT2D eigenvalue weighted by Gasteiger charge is -2.17. The molecule has 2 aromatic rings. The molecule has 1 atom stereocenters. The summed E-state index contributed by atoms with van der Waals surface area (Å²) in [7, 11) is 0. The first-order valence-electron chi connectivity index (χ1n) is 5.33. The fourth-order valence-corrected chi connectivity index (χ4v) is 2.07. The molecule has 3 heterocycles. The molecule has 0 radical (unpaired) electrons. The molecule has 0 aromatic carbocycles. The second-order valence-corrected chi connectivity index (χ2v) is 4.13. The molecular weight excluding hydrogens is 206 g/mol. The number of aromatic nitrogens is 3. The average molecular weight is 219 g/mol. The van der Waals surface area contributed by atoms with Crippen molar-refractivity contribution in [3.63, 3.8) is 0 Å². The van der Waals surface area contributed by atoms with Gasteiger partial charge in [0.1, 0.15) is 17.0 Å². The molecule has 16 heavy (non-hydrogen) atoms. The van der Waals surface area contributed by atoms with Crippen LogP contribution in [0.2, 0.25) is 0 Å². The second kappa shape index (κ2) is 3.41. The fourth-order valence-electron chi connectivity index (χ4n) is 2.07. The average Bonchev–Trinajstić information content (AvgIpc) is 2.84. The quantitative estimate of drug-likeness (QED) is 0.750. The van der Waals surface area contributed by atoms with Crippen LogP contribution in [0.15, 0.2) is 10.7 Å². The maximum atomic E-state index is 5.90. The molecule has 3 rings (SSSR count). The number of fused-ring (bicyclic) bond motifs is 1. The summed E-state index contributed by atoms with van der Waals surface area (Å²) in [5.74, 6) is 1.58. The van der Waals surface area contributed by atoms with Crippen molar-refractivity contribution >= 4 is 16.9 Å². The zero-order valence-electron chi connectivity index (χ0n) is 9.05. The number of nitrogens with two attached hydrogens (primary N) is 1. The van der Waals surface area contributed by atoms with Crippen molar-refractivity contribution in [1.29, 1.82) is 0 Å². The molecule has 1 aliphatic rings. The van der Waals surface area contributed by atoms with Gasteiger partial charge in [-0.25, -0.2) is 4.98 Å². The Bertz CT molecular complexity index is 523.